The zero-order valence-corrected chi connectivity index (χ0v) is 21.5. The number of hydrogen-bond acceptors (Lipinski definition) is 5. The quantitative estimate of drug-likeness (QED) is 0.296. The average molecular weight is 549 g/mol. The second-order valence-electron chi connectivity index (χ2n) is 7.66. The lowest BCUT2D eigenvalue weighted by atomic mass is 9.99. The fourth-order valence-electron chi connectivity index (χ4n) is 3.95. The van der Waals surface area contributed by atoms with Crippen molar-refractivity contribution in [2.75, 3.05) is 58.9 Å². The summed E-state index contributed by atoms with van der Waals surface area (Å²) >= 11 is 2.05. The molecule has 170 valence electrons. The summed E-state index contributed by atoms with van der Waals surface area (Å²) in [5, 5.41) is 7.09. The van der Waals surface area contributed by atoms with E-state index in [2.05, 4.69) is 51.7 Å². The third-order valence-corrected chi connectivity index (χ3v) is 7.17. The number of rotatable bonds is 8. The highest BCUT2D eigenvalue weighted by molar-refractivity contribution is 14.0. The minimum absolute atomic E-state index is 0. The molecule has 1 aromatic carbocycles. The van der Waals surface area contributed by atoms with Gasteiger partial charge in [-0.2, -0.15) is 11.8 Å². The van der Waals surface area contributed by atoms with Crippen molar-refractivity contribution >= 4 is 41.7 Å². The Balaban J connectivity index is 0.00000320. The number of benzene rings is 1. The first-order valence-electron chi connectivity index (χ1n) is 10.8. The lowest BCUT2D eigenvalue weighted by Gasteiger charge is -2.37. The topological polar surface area (TPSA) is 58.1 Å². The maximum atomic E-state index is 5.59. The summed E-state index contributed by atoms with van der Waals surface area (Å²) in [6.45, 7) is 10.3. The number of morpholine rings is 1. The van der Waals surface area contributed by atoms with Crippen LogP contribution in [-0.4, -0.2) is 74.5 Å². The molecule has 3 rings (SSSR count). The van der Waals surface area contributed by atoms with E-state index in [4.69, 9.17) is 9.47 Å². The van der Waals surface area contributed by atoms with Crippen molar-refractivity contribution < 1.29 is 9.47 Å². The Labute approximate surface area is 203 Å². The highest BCUT2D eigenvalue weighted by Gasteiger charge is 2.32. The molecule has 2 aliphatic rings. The van der Waals surface area contributed by atoms with E-state index in [-0.39, 0.29) is 28.7 Å². The molecule has 0 aromatic heterocycles. The fourth-order valence-corrected chi connectivity index (χ4v) is 5.19. The van der Waals surface area contributed by atoms with Crippen LogP contribution in [0.25, 0.3) is 0 Å². The summed E-state index contributed by atoms with van der Waals surface area (Å²) in [6, 6.07) is 8.69. The Morgan fingerprint density at radius 2 is 1.73 bits per heavy atom. The average Bonchev–Trinajstić information content (AvgIpc) is 2.76. The van der Waals surface area contributed by atoms with Crippen LogP contribution >= 0.6 is 35.7 Å². The molecule has 0 atom stereocenters. The summed E-state index contributed by atoms with van der Waals surface area (Å²) in [5.41, 5.74) is 2.70. The molecule has 0 radical (unpaired) electrons. The van der Waals surface area contributed by atoms with Gasteiger partial charge in [0.15, 0.2) is 5.96 Å². The number of aliphatic imine (C=N–C) groups is 1. The minimum atomic E-state index is 0. The standard InChI is InChI=1S/C22H36N4O2S.HI/c1-3-29-22(8-12-27-13-9-22)18-25-21(23-2)24-16-19-6-4-5-7-20(19)17-26-10-14-28-15-11-26;/h4-7H,3,8-18H2,1-2H3,(H2,23,24,25);1H. The molecule has 1 aromatic rings. The van der Waals surface area contributed by atoms with Gasteiger partial charge in [-0.3, -0.25) is 9.89 Å². The van der Waals surface area contributed by atoms with Gasteiger partial charge in [-0.1, -0.05) is 31.2 Å². The highest BCUT2D eigenvalue weighted by atomic mass is 127. The van der Waals surface area contributed by atoms with Crippen LogP contribution in [0.1, 0.15) is 30.9 Å². The van der Waals surface area contributed by atoms with Gasteiger partial charge < -0.3 is 20.1 Å². The molecule has 2 aliphatic heterocycles. The predicted molar refractivity (Wildman–Crippen MR) is 137 cm³/mol. The number of nitrogens with zero attached hydrogens (tertiary/aromatic N) is 2. The number of guanidine groups is 1. The van der Waals surface area contributed by atoms with Gasteiger partial charge in [-0.05, 0) is 29.7 Å². The number of halogens is 1. The molecule has 0 aliphatic carbocycles. The van der Waals surface area contributed by atoms with E-state index in [1.165, 1.54) is 11.1 Å². The predicted octanol–water partition coefficient (Wildman–Crippen LogP) is 3.10. The number of hydrogen-bond donors (Lipinski definition) is 2. The van der Waals surface area contributed by atoms with Crippen LogP contribution < -0.4 is 10.6 Å². The van der Waals surface area contributed by atoms with Crippen molar-refractivity contribution in [3.05, 3.63) is 35.4 Å². The third-order valence-electron chi connectivity index (χ3n) is 5.72. The molecule has 0 bridgehead atoms. The molecule has 2 N–H and O–H groups in total. The lowest BCUT2D eigenvalue weighted by Crippen LogP contribution is -2.48. The van der Waals surface area contributed by atoms with Gasteiger partial charge in [0, 0.05) is 57.7 Å². The van der Waals surface area contributed by atoms with E-state index >= 15 is 0 Å². The van der Waals surface area contributed by atoms with Crippen LogP contribution in [0, 0.1) is 0 Å². The van der Waals surface area contributed by atoms with Crippen LogP contribution in [-0.2, 0) is 22.6 Å². The van der Waals surface area contributed by atoms with Gasteiger partial charge in [0.25, 0.3) is 0 Å². The normalized spacial score (nSPS) is 19.7. The van der Waals surface area contributed by atoms with Gasteiger partial charge in [0.1, 0.15) is 0 Å². The second kappa shape index (κ2) is 13.8. The molecule has 30 heavy (non-hydrogen) atoms. The van der Waals surface area contributed by atoms with E-state index in [1.807, 2.05) is 18.8 Å². The monoisotopic (exact) mass is 548 g/mol. The van der Waals surface area contributed by atoms with Crippen molar-refractivity contribution in [1.82, 2.24) is 15.5 Å². The van der Waals surface area contributed by atoms with E-state index in [9.17, 15) is 0 Å². The maximum absolute atomic E-state index is 5.59. The van der Waals surface area contributed by atoms with Gasteiger partial charge in [-0.25, -0.2) is 0 Å². The van der Waals surface area contributed by atoms with Crippen LogP contribution in [0.2, 0.25) is 0 Å². The summed E-state index contributed by atoms with van der Waals surface area (Å²) < 4.78 is 11.3. The number of thioether (sulfide) groups is 1. The first-order chi connectivity index (χ1) is 14.2. The van der Waals surface area contributed by atoms with Crippen molar-refractivity contribution in [2.24, 2.45) is 4.99 Å². The molecule has 8 heteroatoms. The van der Waals surface area contributed by atoms with Crippen molar-refractivity contribution in [1.29, 1.82) is 0 Å². The molecule has 0 spiro atoms. The summed E-state index contributed by atoms with van der Waals surface area (Å²) in [6.07, 6.45) is 2.19. The Bertz CT molecular complexity index is 644. The first kappa shape index (κ1) is 25.7. The second-order valence-corrected chi connectivity index (χ2v) is 9.40. The lowest BCUT2D eigenvalue weighted by molar-refractivity contribution is 0.0341. The van der Waals surface area contributed by atoms with Crippen LogP contribution in [0.4, 0.5) is 0 Å². The molecule has 2 fully saturated rings. The van der Waals surface area contributed by atoms with Crippen LogP contribution in [0.3, 0.4) is 0 Å². The van der Waals surface area contributed by atoms with E-state index in [0.717, 1.165) is 83.7 Å². The van der Waals surface area contributed by atoms with Gasteiger partial charge in [0.2, 0.25) is 0 Å². The molecule has 2 saturated heterocycles. The number of ether oxygens (including phenoxy) is 2. The molecule has 0 saturated carbocycles. The molecule has 0 unspecified atom stereocenters. The highest BCUT2D eigenvalue weighted by Crippen LogP contribution is 2.34. The molecule has 0 amide bonds. The summed E-state index contributed by atoms with van der Waals surface area (Å²) in [4.78, 5) is 6.92. The molecular weight excluding hydrogens is 511 g/mol. The van der Waals surface area contributed by atoms with Gasteiger partial charge in [-0.15, -0.1) is 24.0 Å². The molecule has 2 heterocycles. The van der Waals surface area contributed by atoms with Crippen molar-refractivity contribution in [2.45, 2.75) is 37.6 Å². The van der Waals surface area contributed by atoms with Crippen LogP contribution in [0.15, 0.2) is 29.3 Å². The van der Waals surface area contributed by atoms with E-state index < -0.39 is 0 Å². The Morgan fingerprint density at radius 3 is 2.40 bits per heavy atom. The zero-order valence-electron chi connectivity index (χ0n) is 18.3. The van der Waals surface area contributed by atoms with E-state index in [0.29, 0.717) is 0 Å². The zero-order chi connectivity index (χ0) is 20.4. The first-order valence-corrected chi connectivity index (χ1v) is 11.8. The van der Waals surface area contributed by atoms with Crippen molar-refractivity contribution in [3.63, 3.8) is 0 Å². The van der Waals surface area contributed by atoms with Crippen molar-refractivity contribution in [3.8, 4) is 0 Å². The minimum Gasteiger partial charge on any atom is -0.381 e. The van der Waals surface area contributed by atoms with Gasteiger partial charge in [0.05, 0.1) is 13.2 Å². The molecule has 6 nitrogen and oxygen atoms in total. The fraction of sp³-hybridized carbons (Fsp3) is 0.682. The smallest absolute Gasteiger partial charge is 0.191 e. The molecular formula is C22H37IN4O2S. The van der Waals surface area contributed by atoms with Gasteiger partial charge >= 0.3 is 0 Å². The van der Waals surface area contributed by atoms with E-state index in [1.54, 1.807) is 0 Å². The Morgan fingerprint density at radius 1 is 1.07 bits per heavy atom. The largest absolute Gasteiger partial charge is 0.381 e. The summed E-state index contributed by atoms with van der Waals surface area (Å²) in [7, 11) is 1.85. The number of nitrogens with one attached hydrogen (secondary N) is 2. The maximum Gasteiger partial charge on any atom is 0.191 e. The Hall–Kier alpha value is -0.550. The summed E-state index contributed by atoms with van der Waals surface area (Å²) in [5.74, 6) is 2.00. The Kier molecular flexibility index (Phi) is 11.8. The third kappa shape index (κ3) is 7.85. The SMILES string of the molecule is CCSC1(CNC(=NC)NCc2ccccc2CN2CCOCC2)CCOCC1.I. The van der Waals surface area contributed by atoms with Crippen LogP contribution in [0.5, 0.6) is 0 Å².